The molecule has 0 bridgehead atoms. The van der Waals surface area contributed by atoms with E-state index >= 15 is 0 Å². The molecule has 1 unspecified atom stereocenters. The van der Waals surface area contributed by atoms with Gasteiger partial charge in [0.2, 0.25) is 5.91 Å². The molecule has 2 rings (SSSR count). The number of hydrogen-bond donors (Lipinski definition) is 3. The van der Waals surface area contributed by atoms with E-state index in [0.29, 0.717) is 58.0 Å². The molecule has 2 saturated heterocycles. The van der Waals surface area contributed by atoms with E-state index in [-0.39, 0.29) is 24.3 Å². The fourth-order valence-corrected chi connectivity index (χ4v) is 3.54. The van der Waals surface area contributed by atoms with E-state index in [4.69, 9.17) is 4.74 Å². The number of piperidine rings is 1. The fraction of sp³-hybridized carbons (Fsp3) is 0.833. The molecule has 0 saturated carbocycles. The average Bonchev–Trinajstić information content (AvgIpc) is 2.59. The van der Waals surface area contributed by atoms with Crippen LogP contribution in [0.3, 0.4) is 0 Å². The molecule has 8 heteroatoms. The number of urea groups is 1. The van der Waals surface area contributed by atoms with Crippen LogP contribution in [-0.4, -0.2) is 66.3 Å². The van der Waals surface area contributed by atoms with Crippen LogP contribution in [0.25, 0.3) is 0 Å². The molecule has 0 aromatic carbocycles. The van der Waals surface area contributed by atoms with Gasteiger partial charge in [-0.3, -0.25) is 9.59 Å². The Labute approximate surface area is 154 Å². The van der Waals surface area contributed by atoms with Crippen LogP contribution >= 0.6 is 0 Å². The normalized spacial score (nSPS) is 22.7. The van der Waals surface area contributed by atoms with Crippen molar-refractivity contribution in [2.75, 3.05) is 32.8 Å². The highest BCUT2D eigenvalue weighted by atomic mass is 16.5. The monoisotopic (exact) mass is 369 g/mol. The number of rotatable bonds is 6. The van der Waals surface area contributed by atoms with E-state index < -0.39 is 11.5 Å². The van der Waals surface area contributed by atoms with E-state index in [2.05, 4.69) is 10.6 Å². The quantitative estimate of drug-likeness (QED) is 0.652. The van der Waals surface area contributed by atoms with Crippen molar-refractivity contribution in [3.8, 4) is 0 Å². The Bertz CT molecular complexity index is 517. The van der Waals surface area contributed by atoms with Crippen molar-refractivity contribution in [1.29, 1.82) is 0 Å². The number of likely N-dealkylation sites (tertiary alicyclic amines) is 1. The van der Waals surface area contributed by atoms with Gasteiger partial charge in [0, 0.05) is 32.8 Å². The first-order valence-corrected chi connectivity index (χ1v) is 9.46. The molecule has 3 N–H and O–H groups in total. The fourth-order valence-electron chi connectivity index (χ4n) is 3.54. The van der Waals surface area contributed by atoms with Gasteiger partial charge in [-0.2, -0.15) is 0 Å². The minimum atomic E-state index is -0.925. The molecule has 2 aliphatic heterocycles. The molecule has 2 heterocycles. The molecule has 2 fully saturated rings. The predicted molar refractivity (Wildman–Crippen MR) is 95.7 cm³/mol. The SMILES string of the molecule is CC(C)CNC(=O)N1CCCC(C(=O)NC2(CC(=O)O)CCOCC2)C1. The molecule has 0 radical (unpaired) electrons. The van der Waals surface area contributed by atoms with Gasteiger partial charge < -0.3 is 25.4 Å². The number of nitrogens with one attached hydrogen (secondary N) is 2. The van der Waals surface area contributed by atoms with Gasteiger partial charge in [0.1, 0.15) is 0 Å². The number of nitrogens with zero attached hydrogens (tertiary/aromatic N) is 1. The summed E-state index contributed by atoms with van der Waals surface area (Å²) in [5.74, 6) is -1.02. The maximum absolute atomic E-state index is 12.8. The third-order valence-corrected chi connectivity index (χ3v) is 5.07. The zero-order valence-electron chi connectivity index (χ0n) is 15.8. The number of carboxylic acids is 1. The van der Waals surface area contributed by atoms with Crippen molar-refractivity contribution in [1.82, 2.24) is 15.5 Å². The second-order valence-corrected chi connectivity index (χ2v) is 7.82. The Morgan fingerprint density at radius 3 is 2.58 bits per heavy atom. The molecule has 148 valence electrons. The van der Waals surface area contributed by atoms with Crippen molar-refractivity contribution in [3.63, 3.8) is 0 Å². The van der Waals surface area contributed by atoms with Gasteiger partial charge in [0.05, 0.1) is 17.9 Å². The van der Waals surface area contributed by atoms with E-state index in [1.54, 1.807) is 4.90 Å². The van der Waals surface area contributed by atoms with Crippen molar-refractivity contribution >= 4 is 17.9 Å². The first-order chi connectivity index (χ1) is 12.3. The maximum Gasteiger partial charge on any atom is 0.317 e. The second-order valence-electron chi connectivity index (χ2n) is 7.82. The Balaban J connectivity index is 1.94. The highest BCUT2D eigenvalue weighted by Gasteiger charge is 2.39. The summed E-state index contributed by atoms with van der Waals surface area (Å²) in [6, 6.07) is -0.137. The highest BCUT2D eigenvalue weighted by Crippen LogP contribution is 2.26. The zero-order chi connectivity index (χ0) is 19.2. The van der Waals surface area contributed by atoms with Crippen LogP contribution < -0.4 is 10.6 Å². The van der Waals surface area contributed by atoms with Crippen LogP contribution in [0.4, 0.5) is 4.79 Å². The average molecular weight is 369 g/mol. The molecule has 0 aliphatic carbocycles. The third-order valence-electron chi connectivity index (χ3n) is 5.07. The van der Waals surface area contributed by atoms with Crippen LogP contribution in [-0.2, 0) is 14.3 Å². The minimum absolute atomic E-state index is 0.104. The summed E-state index contributed by atoms with van der Waals surface area (Å²) in [7, 11) is 0. The summed E-state index contributed by atoms with van der Waals surface area (Å²) in [4.78, 5) is 38.0. The Hall–Kier alpha value is -1.83. The molecule has 0 spiro atoms. The maximum atomic E-state index is 12.8. The van der Waals surface area contributed by atoms with E-state index in [1.165, 1.54) is 0 Å². The largest absolute Gasteiger partial charge is 0.481 e. The van der Waals surface area contributed by atoms with Gasteiger partial charge in [-0.05, 0) is 31.6 Å². The first-order valence-electron chi connectivity index (χ1n) is 9.46. The molecule has 3 amide bonds. The molecular weight excluding hydrogens is 338 g/mol. The van der Waals surface area contributed by atoms with Crippen LogP contribution in [0.15, 0.2) is 0 Å². The Morgan fingerprint density at radius 1 is 1.27 bits per heavy atom. The number of ether oxygens (including phenoxy) is 1. The second kappa shape index (κ2) is 9.21. The van der Waals surface area contributed by atoms with Crippen LogP contribution in [0.1, 0.15) is 46.0 Å². The van der Waals surface area contributed by atoms with Crippen molar-refractivity contribution in [2.45, 2.75) is 51.5 Å². The number of hydrogen-bond acceptors (Lipinski definition) is 4. The summed E-state index contributed by atoms with van der Waals surface area (Å²) in [5, 5.41) is 15.1. The first kappa shape index (κ1) is 20.5. The molecule has 0 aromatic rings. The number of carboxylic acid groups (broad SMARTS) is 1. The van der Waals surface area contributed by atoms with Gasteiger partial charge >= 0.3 is 12.0 Å². The van der Waals surface area contributed by atoms with Gasteiger partial charge in [-0.1, -0.05) is 13.8 Å². The number of carbonyl (C=O) groups excluding carboxylic acids is 2. The van der Waals surface area contributed by atoms with Crippen LogP contribution in [0.5, 0.6) is 0 Å². The smallest absolute Gasteiger partial charge is 0.317 e. The lowest BCUT2D eigenvalue weighted by Gasteiger charge is -2.39. The molecular formula is C18H31N3O5. The number of amides is 3. The van der Waals surface area contributed by atoms with E-state index in [1.807, 2.05) is 13.8 Å². The Morgan fingerprint density at radius 2 is 1.96 bits per heavy atom. The summed E-state index contributed by atoms with van der Waals surface area (Å²) in [5.41, 5.74) is -0.747. The Kier molecular flexibility index (Phi) is 7.25. The lowest BCUT2D eigenvalue weighted by atomic mass is 9.85. The number of aliphatic carboxylic acids is 1. The lowest BCUT2D eigenvalue weighted by molar-refractivity contribution is -0.141. The zero-order valence-corrected chi connectivity index (χ0v) is 15.8. The van der Waals surface area contributed by atoms with Crippen molar-refractivity contribution < 1.29 is 24.2 Å². The predicted octanol–water partition coefficient (Wildman–Crippen LogP) is 1.20. The molecule has 26 heavy (non-hydrogen) atoms. The lowest BCUT2D eigenvalue weighted by Crippen LogP contribution is -2.57. The van der Waals surface area contributed by atoms with Crippen LogP contribution in [0.2, 0.25) is 0 Å². The molecule has 0 aromatic heterocycles. The minimum Gasteiger partial charge on any atom is -0.481 e. The standard InChI is InChI=1S/C18H31N3O5/c1-13(2)11-19-17(25)21-7-3-4-14(12-21)16(24)20-18(10-15(22)23)5-8-26-9-6-18/h13-14H,3-12H2,1-2H3,(H,19,25)(H,20,24)(H,22,23). The molecule has 8 nitrogen and oxygen atoms in total. The van der Waals surface area contributed by atoms with Crippen molar-refractivity contribution in [2.24, 2.45) is 11.8 Å². The van der Waals surface area contributed by atoms with Crippen molar-refractivity contribution in [3.05, 3.63) is 0 Å². The third kappa shape index (κ3) is 5.86. The van der Waals surface area contributed by atoms with Gasteiger partial charge in [0.25, 0.3) is 0 Å². The molecule has 2 aliphatic rings. The van der Waals surface area contributed by atoms with E-state index in [0.717, 1.165) is 6.42 Å². The van der Waals surface area contributed by atoms with E-state index in [9.17, 15) is 19.5 Å². The van der Waals surface area contributed by atoms with Gasteiger partial charge in [-0.25, -0.2) is 4.79 Å². The highest BCUT2D eigenvalue weighted by molar-refractivity contribution is 5.82. The van der Waals surface area contributed by atoms with Gasteiger partial charge in [0.15, 0.2) is 0 Å². The summed E-state index contributed by atoms with van der Waals surface area (Å²) >= 11 is 0. The summed E-state index contributed by atoms with van der Waals surface area (Å²) < 4.78 is 5.32. The topological polar surface area (TPSA) is 108 Å². The van der Waals surface area contributed by atoms with Crippen LogP contribution in [0, 0.1) is 11.8 Å². The van der Waals surface area contributed by atoms with Gasteiger partial charge in [-0.15, -0.1) is 0 Å². The summed E-state index contributed by atoms with van der Waals surface area (Å²) in [6.07, 6.45) is 2.36. The summed E-state index contributed by atoms with van der Waals surface area (Å²) in [6.45, 7) is 6.57. The number of carbonyl (C=O) groups is 3. The molecule has 1 atom stereocenters.